The van der Waals surface area contributed by atoms with E-state index < -0.39 is 12.0 Å². The molecule has 1 aromatic rings. The number of carbonyl (C=O) groups excluding carboxylic acids is 2. The van der Waals surface area contributed by atoms with E-state index in [1.54, 1.807) is 0 Å². The third-order valence-corrected chi connectivity index (χ3v) is 4.29. The molecule has 0 N–H and O–H groups in total. The average molecular weight is 264 g/mol. The van der Waals surface area contributed by atoms with Crippen molar-refractivity contribution in [3.05, 3.63) is 35.4 Å². The molecule has 1 aliphatic rings. The Labute approximate surface area is 110 Å². The molecule has 2 atom stereocenters. The fourth-order valence-electron chi connectivity index (χ4n) is 2.15. The first kappa shape index (κ1) is 13.0. The zero-order chi connectivity index (χ0) is 13.3. The Kier molecular flexibility index (Phi) is 3.61. The van der Waals surface area contributed by atoms with Crippen molar-refractivity contribution in [2.75, 3.05) is 5.75 Å². The second-order valence-electron chi connectivity index (χ2n) is 4.36. The van der Waals surface area contributed by atoms with Gasteiger partial charge in [0.2, 0.25) is 5.91 Å². The number of thioether (sulfide) groups is 1. The summed E-state index contributed by atoms with van der Waals surface area (Å²) >= 11 is 1.46. The molecule has 18 heavy (non-hydrogen) atoms. The van der Waals surface area contributed by atoms with Gasteiger partial charge in [-0.15, -0.1) is 11.8 Å². The molecule has 1 heterocycles. The first-order chi connectivity index (χ1) is 8.50. The van der Waals surface area contributed by atoms with Gasteiger partial charge in [-0.05, 0) is 12.5 Å². The molecule has 0 spiro atoms. The van der Waals surface area contributed by atoms with Crippen LogP contribution in [-0.2, 0) is 9.59 Å². The zero-order valence-corrected chi connectivity index (χ0v) is 11.1. The predicted octanol–water partition coefficient (Wildman–Crippen LogP) is 0.707. The normalized spacial score (nSPS) is 23.1. The van der Waals surface area contributed by atoms with Crippen molar-refractivity contribution in [3.63, 3.8) is 0 Å². The number of carbonyl (C=O) groups is 2. The highest BCUT2D eigenvalue weighted by atomic mass is 32.2. The SMILES string of the molecule is CC(=O)N1[C@@H](C(=O)[O-])CS[C@H]1c1cccc(C)c1. The van der Waals surface area contributed by atoms with Crippen LogP contribution in [0.15, 0.2) is 24.3 Å². The van der Waals surface area contributed by atoms with Gasteiger partial charge in [0.15, 0.2) is 0 Å². The van der Waals surface area contributed by atoms with Crippen molar-refractivity contribution in [1.82, 2.24) is 4.90 Å². The summed E-state index contributed by atoms with van der Waals surface area (Å²) in [5.41, 5.74) is 2.05. The van der Waals surface area contributed by atoms with Crippen LogP contribution in [-0.4, -0.2) is 28.6 Å². The maximum atomic E-state index is 11.7. The molecule has 0 unspecified atom stereocenters. The number of hydrogen-bond donors (Lipinski definition) is 0. The molecule has 2 rings (SSSR count). The Bertz CT molecular complexity index is 489. The van der Waals surface area contributed by atoms with Crippen LogP contribution < -0.4 is 5.11 Å². The minimum atomic E-state index is -1.19. The molecule has 1 aromatic carbocycles. The van der Waals surface area contributed by atoms with Crippen molar-refractivity contribution in [3.8, 4) is 0 Å². The number of carboxylic acids is 1. The van der Waals surface area contributed by atoms with Crippen LogP contribution in [0.3, 0.4) is 0 Å². The summed E-state index contributed by atoms with van der Waals surface area (Å²) in [4.78, 5) is 24.1. The van der Waals surface area contributed by atoms with Gasteiger partial charge in [0.1, 0.15) is 5.37 Å². The summed E-state index contributed by atoms with van der Waals surface area (Å²) in [6.07, 6.45) is 0. The summed E-state index contributed by atoms with van der Waals surface area (Å²) < 4.78 is 0. The van der Waals surface area contributed by atoms with Crippen molar-refractivity contribution in [1.29, 1.82) is 0 Å². The Hall–Kier alpha value is -1.49. The third-order valence-electron chi connectivity index (χ3n) is 2.96. The molecular weight excluding hydrogens is 250 g/mol. The Morgan fingerprint density at radius 1 is 1.44 bits per heavy atom. The molecule has 0 bridgehead atoms. The van der Waals surface area contributed by atoms with Crippen molar-refractivity contribution >= 4 is 23.6 Å². The fraction of sp³-hybridized carbons (Fsp3) is 0.385. The van der Waals surface area contributed by atoms with Crippen molar-refractivity contribution in [2.45, 2.75) is 25.3 Å². The monoisotopic (exact) mass is 264 g/mol. The van der Waals surface area contributed by atoms with Crippen LogP contribution in [0.1, 0.15) is 23.4 Å². The first-order valence-corrected chi connectivity index (χ1v) is 6.73. The van der Waals surface area contributed by atoms with Gasteiger partial charge in [0.25, 0.3) is 0 Å². The Morgan fingerprint density at radius 3 is 2.72 bits per heavy atom. The van der Waals surface area contributed by atoms with E-state index in [-0.39, 0.29) is 11.3 Å². The van der Waals surface area contributed by atoms with E-state index in [2.05, 4.69) is 0 Å². The maximum Gasteiger partial charge on any atom is 0.221 e. The first-order valence-electron chi connectivity index (χ1n) is 5.68. The molecule has 4 nitrogen and oxygen atoms in total. The molecule has 1 amide bonds. The van der Waals surface area contributed by atoms with Gasteiger partial charge >= 0.3 is 0 Å². The number of amides is 1. The summed E-state index contributed by atoms with van der Waals surface area (Å²) in [5, 5.41) is 10.8. The van der Waals surface area contributed by atoms with Crippen LogP contribution >= 0.6 is 11.8 Å². The summed E-state index contributed by atoms with van der Waals surface area (Å²) in [5.74, 6) is -1.05. The predicted molar refractivity (Wildman–Crippen MR) is 67.7 cm³/mol. The quantitative estimate of drug-likeness (QED) is 0.789. The number of hydrogen-bond acceptors (Lipinski definition) is 4. The van der Waals surface area contributed by atoms with Gasteiger partial charge in [-0.3, -0.25) is 4.79 Å². The average Bonchev–Trinajstić information content (AvgIpc) is 2.73. The van der Waals surface area contributed by atoms with Crippen molar-refractivity contribution < 1.29 is 14.7 Å². The highest BCUT2D eigenvalue weighted by molar-refractivity contribution is 7.99. The summed E-state index contributed by atoms with van der Waals surface area (Å²) in [6, 6.07) is 6.94. The van der Waals surface area contributed by atoms with Crippen molar-refractivity contribution in [2.24, 2.45) is 0 Å². The lowest BCUT2D eigenvalue weighted by atomic mass is 10.1. The molecule has 1 aliphatic heterocycles. The topological polar surface area (TPSA) is 60.4 Å². The molecule has 5 heteroatoms. The fourth-order valence-corrected chi connectivity index (χ4v) is 3.61. The van der Waals surface area contributed by atoms with Gasteiger partial charge in [0, 0.05) is 12.7 Å². The minimum Gasteiger partial charge on any atom is -0.548 e. The number of nitrogens with zero attached hydrogens (tertiary/aromatic N) is 1. The minimum absolute atomic E-state index is 0.231. The van der Waals surface area contributed by atoms with E-state index in [9.17, 15) is 14.7 Å². The molecule has 0 aromatic heterocycles. The molecular formula is C13H14NO3S-. The van der Waals surface area contributed by atoms with Crippen LogP contribution in [0.5, 0.6) is 0 Å². The lowest BCUT2D eigenvalue weighted by Crippen LogP contribution is -2.48. The Balaban J connectivity index is 2.33. The molecule has 96 valence electrons. The van der Waals surface area contributed by atoms with Gasteiger partial charge in [-0.2, -0.15) is 0 Å². The summed E-state index contributed by atoms with van der Waals surface area (Å²) in [7, 11) is 0. The van der Waals surface area contributed by atoms with Gasteiger partial charge < -0.3 is 14.8 Å². The third kappa shape index (κ3) is 2.36. The maximum absolute atomic E-state index is 11.7. The lowest BCUT2D eigenvalue weighted by Gasteiger charge is -2.29. The number of aryl methyl sites for hydroxylation is 1. The number of rotatable bonds is 2. The standard InChI is InChI=1S/C13H15NO3S/c1-8-4-3-5-10(6-8)12-14(9(2)15)11(7-18-12)13(16)17/h3-6,11-12H,7H2,1-2H3,(H,16,17)/p-1/t11-,12+/m1/s1. The smallest absolute Gasteiger partial charge is 0.221 e. The van der Waals surface area contributed by atoms with E-state index in [1.807, 2.05) is 31.2 Å². The van der Waals surface area contributed by atoms with Crippen LogP contribution in [0.25, 0.3) is 0 Å². The van der Waals surface area contributed by atoms with Gasteiger partial charge in [-0.25, -0.2) is 0 Å². The largest absolute Gasteiger partial charge is 0.548 e. The van der Waals surface area contributed by atoms with Crippen LogP contribution in [0.4, 0.5) is 0 Å². The highest BCUT2D eigenvalue weighted by Crippen LogP contribution is 2.41. The van der Waals surface area contributed by atoms with Crippen LogP contribution in [0.2, 0.25) is 0 Å². The summed E-state index contributed by atoms with van der Waals surface area (Å²) in [6.45, 7) is 3.36. The van der Waals surface area contributed by atoms with E-state index in [0.29, 0.717) is 5.75 Å². The molecule has 1 saturated heterocycles. The lowest BCUT2D eigenvalue weighted by molar-refractivity contribution is -0.310. The molecule has 0 aliphatic carbocycles. The molecule has 1 fully saturated rings. The number of benzene rings is 1. The molecule has 0 radical (unpaired) electrons. The van der Waals surface area contributed by atoms with E-state index in [4.69, 9.17) is 0 Å². The van der Waals surface area contributed by atoms with E-state index >= 15 is 0 Å². The van der Waals surface area contributed by atoms with Gasteiger partial charge in [-0.1, -0.05) is 29.8 Å². The van der Waals surface area contributed by atoms with E-state index in [1.165, 1.54) is 23.6 Å². The van der Waals surface area contributed by atoms with E-state index in [0.717, 1.165) is 11.1 Å². The number of aliphatic carboxylic acids is 1. The Morgan fingerprint density at radius 2 is 2.17 bits per heavy atom. The zero-order valence-electron chi connectivity index (χ0n) is 10.3. The second kappa shape index (κ2) is 5.02. The van der Waals surface area contributed by atoms with Gasteiger partial charge in [0.05, 0.1) is 12.0 Å². The van der Waals surface area contributed by atoms with Crippen LogP contribution in [0, 0.1) is 6.92 Å². The number of carboxylic acid groups (broad SMARTS) is 1. The molecule has 0 saturated carbocycles. The highest BCUT2D eigenvalue weighted by Gasteiger charge is 2.37. The second-order valence-corrected chi connectivity index (χ2v) is 5.47.